The molecule has 3 aromatic heterocycles. The summed E-state index contributed by atoms with van der Waals surface area (Å²) < 4.78 is 16.1. The molecule has 5 heteroatoms. The number of benzene rings is 2. The van der Waals surface area contributed by atoms with Gasteiger partial charge in [-0.05, 0) is 106 Å². The van der Waals surface area contributed by atoms with Gasteiger partial charge in [0.25, 0.3) is 0 Å². The molecule has 6 rings (SSSR count). The van der Waals surface area contributed by atoms with Gasteiger partial charge in [0.15, 0.2) is 0 Å². The monoisotopic (exact) mass is 478 g/mol. The minimum Gasteiger partial charge on any atom is -0.301 e. The van der Waals surface area contributed by atoms with Gasteiger partial charge in [-0.1, -0.05) is 24.3 Å². The van der Waals surface area contributed by atoms with Crippen LogP contribution in [0.15, 0.2) is 73.1 Å². The maximum atomic E-state index is 14.1. The minimum atomic E-state index is -0.264. The van der Waals surface area contributed by atoms with Crippen LogP contribution in [0.4, 0.5) is 4.39 Å². The molecule has 36 heavy (non-hydrogen) atoms. The highest BCUT2D eigenvalue weighted by Gasteiger charge is 2.22. The molecule has 0 unspecified atom stereocenters. The molecule has 1 aliphatic heterocycles. The van der Waals surface area contributed by atoms with E-state index < -0.39 is 0 Å². The van der Waals surface area contributed by atoms with Crippen molar-refractivity contribution in [3.63, 3.8) is 0 Å². The molecule has 0 saturated carbocycles. The summed E-state index contributed by atoms with van der Waals surface area (Å²) in [5.41, 5.74) is 8.19. The molecule has 0 spiro atoms. The van der Waals surface area contributed by atoms with E-state index in [4.69, 9.17) is 4.98 Å². The van der Waals surface area contributed by atoms with E-state index in [2.05, 4.69) is 70.7 Å². The predicted octanol–water partition coefficient (Wildman–Crippen LogP) is 7.25. The molecule has 5 aromatic rings. The highest BCUT2D eigenvalue weighted by Crippen LogP contribution is 2.33. The van der Waals surface area contributed by atoms with Crippen molar-refractivity contribution < 1.29 is 4.39 Å². The van der Waals surface area contributed by atoms with Crippen molar-refractivity contribution >= 4 is 16.6 Å². The average molecular weight is 479 g/mol. The summed E-state index contributed by atoms with van der Waals surface area (Å²) in [6.07, 6.45) is 6.38. The van der Waals surface area contributed by atoms with Crippen molar-refractivity contribution in [1.29, 1.82) is 0 Å². The van der Waals surface area contributed by atoms with Gasteiger partial charge in [-0.2, -0.15) is 0 Å². The number of aryl methyl sites for hydroxylation is 1. The molecule has 0 atom stereocenters. The van der Waals surface area contributed by atoms with Gasteiger partial charge in [-0.25, -0.2) is 9.37 Å². The van der Waals surface area contributed by atoms with E-state index in [1.807, 2.05) is 19.2 Å². The van der Waals surface area contributed by atoms with E-state index in [1.165, 1.54) is 43.1 Å². The second kappa shape index (κ2) is 9.14. The first kappa shape index (κ1) is 22.9. The number of fused-ring (bicyclic) bond motifs is 2. The summed E-state index contributed by atoms with van der Waals surface area (Å²) in [5.74, 6) is 0.384. The lowest BCUT2D eigenvalue weighted by Gasteiger charge is -2.34. The van der Waals surface area contributed by atoms with Crippen LogP contribution in [-0.4, -0.2) is 38.4 Å². The van der Waals surface area contributed by atoms with Gasteiger partial charge in [0.1, 0.15) is 11.5 Å². The third-order valence-corrected chi connectivity index (χ3v) is 7.66. The second-order valence-corrected chi connectivity index (χ2v) is 10.3. The normalized spacial score (nSPS) is 15.4. The predicted molar refractivity (Wildman–Crippen MR) is 145 cm³/mol. The van der Waals surface area contributed by atoms with Crippen LogP contribution in [0.25, 0.3) is 38.9 Å². The largest absolute Gasteiger partial charge is 0.301 e. The van der Waals surface area contributed by atoms with Crippen LogP contribution in [0.3, 0.4) is 0 Å². The number of aromatic nitrogens is 3. The van der Waals surface area contributed by atoms with E-state index >= 15 is 0 Å². The maximum Gasteiger partial charge on any atom is 0.137 e. The van der Waals surface area contributed by atoms with Crippen molar-refractivity contribution in [2.75, 3.05) is 13.1 Å². The maximum absolute atomic E-state index is 14.1. The number of likely N-dealkylation sites (tertiary alicyclic amines) is 1. The highest BCUT2D eigenvalue weighted by molar-refractivity contribution is 5.94. The zero-order chi connectivity index (χ0) is 24.8. The Morgan fingerprint density at radius 3 is 2.44 bits per heavy atom. The molecule has 0 bridgehead atoms. The molecule has 4 nitrogen and oxygen atoms in total. The minimum absolute atomic E-state index is 0.264. The second-order valence-electron chi connectivity index (χ2n) is 10.3. The van der Waals surface area contributed by atoms with Crippen LogP contribution >= 0.6 is 0 Å². The van der Waals surface area contributed by atoms with Crippen LogP contribution in [0, 0.1) is 12.7 Å². The van der Waals surface area contributed by atoms with Gasteiger partial charge >= 0.3 is 0 Å². The topological polar surface area (TPSA) is 33.4 Å². The van der Waals surface area contributed by atoms with Crippen molar-refractivity contribution in [2.45, 2.75) is 45.6 Å². The smallest absolute Gasteiger partial charge is 0.137 e. The molecule has 2 aromatic carbocycles. The highest BCUT2D eigenvalue weighted by atomic mass is 19.1. The first-order valence-corrected chi connectivity index (χ1v) is 12.8. The Hall–Kier alpha value is -3.57. The van der Waals surface area contributed by atoms with Gasteiger partial charge in [-0.15, -0.1) is 0 Å². The molecule has 0 aliphatic carbocycles. The number of imidazole rings is 1. The van der Waals surface area contributed by atoms with E-state index in [0.717, 1.165) is 39.1 Å². The fourth-order valence-corrected chi connectivity index (χ4v) is 5.60. The fraction of sp³-hybridized carbons (Fsp3) is 0.290. The molecule has 0 N–H and O–H groups in total. The Labute approximate surface area is 211 Å². The molecule has 4 heterocycles. The fourth-order valence-electron chi connectivity index (χ4n) is 5.60. The van der Waals surface area contributed by atoms with Gasteiger partial charge in [0.05, 0.1) is 17.4 Å². The first-order chi connectivity index (χ1) is 17.5. The molecule has 0 amide bonds. The summed E-state index contributed by atoms with van der Waals surface area (Å²) in [5, 5.41) is 0.793. The first-order valence-electron chi connectivity index (χ1n) is 12.8. The van der Waals surface area contributed by atoms with E-state index in [0.29, 0.717) is 12.0 Å². The Morgan fingerprint density at radius 1 is 0.917 bits per heavy atom. The molecular weight excluding hydrogens is 447 g/mol. The summed E-state index contributed by atoms with van der Waals surface area (Å²) in [6, 6.07) is 20.7. The van der Waals surface area contributed by atoms with E-state index in [1.54, 1.807) is 12.1 Å². The third kappa shape index (κ3) is 4.18. The summed E-state index contributed by atoms with van der Waals surface area (Å²) >= 11 is 0. The van der Waals surface area contributed by atoms with Crippen LogP contribution in [0.2, 0.25) is 0 Å². The Kier molecular flexibility index (Phi) is 5.81. The van der Waals surface area contributed by atoms with Gasteiger partial charge in [-0.3, -0.25) is 9.38 Å². The van der Waals surface area contributed by atoms with Crippen LogP contribution < -0.4 is 0 Å². The van der Waals surface area contributed by atoms with Crippen molar-refractivity contribution in [2.24, 2.45) is 0 Å². The molecule has 0 radical (unpaired) electrons. The number of rotatable bonds is 4. The van der Waals surface area contributed by atoms with E-state index in [-0.39, 0.29) is 5.82 Å². The Bertz CT molecular complexity index is 1540. The number of hydrogen-bond donors (Lipinski definition) is 0. The lowest BCUT2D eigenvalue weighted by Crippen LogP contribution is -2.37. The Morgan fingerprint density at radius 2 is 1.69 bits per heavy atom. The van der Waals surface area contributed by atoms with Gasteiger partial charge in [0.2, 0.25) is 0 Å². The number of halogens is 1. The van der Waals surface area contributed by atoms with Crippen molar-refractivity contribution in [1.82, 2.24) is 19.3 Å². The Balaban J connectivity index is 1.29. The van der Waals surface area contributed by atoms with E-state index in [9.17, 15) is 4.39 Å². The van der Waals surface area contributed by atoms with Crippen molar-refractivity contribution in [3.05, 3.63) is 90.1 Å². The summed E-state index contributed by atoms with van der Waals surface area (Å²) in [7, 11) is 0. The molecule has 1 saturated heterocycles. The zero-order valence-corrected chi connectivity index (χ0v) is 21.1. The number of piperidine rings is 1. The lowest BCUT2D eigenvalue weighted by atomic mass is 9.88. The number of nitrogens with zero attached hydrogens (tertiary/aromatic N) is 4. The molecular formula is C31H31FN4. The SMILES string of the molecule is Cc1cc(-c2cnc3cc(-c4ccc(C5CCN(C(C)C)CC5)cc4)ccn23)c2cc(F)ccc2n1. The quantitative estimate of drug-likeness (QED) is 0.273. The van der Waals surface area contributed by atoms with Crippen LogP contribution in [0.1, 0.15) is 43.9 Å². The molecule has 1 aliphatic rings. The lowest BCUT2D eigenvalue weighted by molar-refractivity contribution is 0.172. The summed E-state index contributed by atoms with van der Waals surface area (Å²) in [6.45, 7) is 8.90. The average Bonchev–Trinajstić information content (AvgIpc) is 3.32. The third-order valence-electron chi connectivity index (χ3n) is 7.66. The van der Waals surface area contributed by atoms with Gasteiger partial charge < -0.3 is 4.90 Å². The standard InChI is InChI=1S/C31H31FN4/c1-20(2)35-13-10-24(11-14-35)22-4-6-23(7-5-22)25-12-15-36-30(19-33-31(36)17-25)28-16-21(3)34-29-9-8-26(32)18-27(28)29/h4-9,12,15-20,24H,10-11,13-14H2,1-3H3. The molecule has 182 valence electrons. The number of hydrogen-bond acceptors (Lipinski definition) is 3. The van der Waals surface area contributed by atoms with Gasteiger partial charge in [0, 0.05) is 28.9 Å². The van der Waals surface area contributed by atoms with Crippen LogP contribution in [0.5, 0.6) is 0 Å². The van der Waals surface area contributed by atoms with Crippen LogP contribution in [-0.2, 0) is 0 Å². The number of pyridine rings is 2. The molecule has 1 fully saturated rings. The van der Waals surface area contributed by atoms with Crippen molar-refractivity contribution in [3.8, 4) is 22.4 Å². The summed E-state index contributed by atoms with van der Waals surface area (Å²) in [4.78, 5) is 11.8. The zero-order valence-electron chi connectivity index (χ0n) is 21.1.